The molecular weight excluding hydrogens is 326 g/mol. The largest absolute Gasteiger partial charge is 0.328 e. The van der Waals surface area contributed by atoms with Gasteiger partial charge in [-0.25, -0.2) is 4.68 Å². The van der Waals surface area contributed by atoms with Crippen LogP contribution in [0.25, 0.3) is 0 Å². The maximum atomic E-state index is 13.1. The van der Waals surface area contributed by atoms with Gasteiger partial charge >= 0.3 is 0 Å². The van der Waals surface area contributed by atoms with Crippen LogP contribution in [-0.2, 0) is 4.79 Å². The van der Waals surface area contributed by atoms with Crippen LogP contribution in [0.1, 0.15) is 24.1 Å². The molecule has 0 saturated carbocycles. The Balaban J connectivity index is 1.78. The number of fused-ring (bicyclic) bond motifs is 1. The highest BCUT2D eigenvalue weighted by molar-refractivity contribution is 6.06. The highest BCUT2D eigenvalue weighted by Gasteiger charge is 2.33. The van der Waals surface area contributed by atoms with Gasteiger partial charge in [-0.3, -0.25) is 4.79 Å². The monoisotopic (exact) mass is 345 g/mol. The molecule has 6 heteroatoms. The van der Waals surface area contributed by atoms with Gasteiger partial charge in [0.25, 0.3) is 5.91 Å². The number of anilines is 2. The summed E-state index contributed by atoms with van der Waals surface area (Å²) in [5.74, 6) is 0.471. The van der Waals surface area contributed by atoms with Gasteiger partial charge in [-0.1, -0.05) is 48.0 Å². The van der Waals surface area contributed by atoms with Gasteiger partial charge in [0.2, 0.25) is 5.95 Å². The van der Waals surface area contributed by atoms with Crippen LogP contribution < -0.4 is 10.6 Å². The van der Waals surface area contributed by atoms with E-state index in [2.05, 4.69) is 26.8 Å². The normalized spacial score (nSPS) is 16.0. The van der Waals surface area contributed by atoms with Crippen molar-refractivity contribution in [3.8, 4) is 0 Å². The highest BCUT2D eigenvalue weighted by atomic mass is 16.1. The topological polar surface area (TPSA) is 71.8 Å². The van der Waals surface area contributed by atoms with E-state index in [0.29, 0.717) is 11.5 Å². The van der Waals surface area contributed by atoms with Gasteiger partial charge in [0.05, 0.1) is 5.57 Å². The summed E-state index contributed by atoms with van der Waals surface area (Å²) >= 11 is 0. The summed E-state index contributed by atoms with van der Waals surface area (Å²) in [6.07, 6.45) is 1.50. The molecule has 1 unspecified atom stereocenters. The van der Waals surface area contributed by atoms with Gasteiger partial charge in [-0.15, -0.1) is 0 Å². The molecule has 2 heterocycles. The fourth-order valence-electron chi connectivity index (χ4n) is 3.25. The van der Waals surface area contributed by atoms with E-state index in [-0.39, 0.29) is 11.9 Å². The van der Waals surface area contributed by atoms with Gasteiger partial charge in [-0.05, 0) is 31.5 Å². The Morgan fingerprint density at radius 3 is 2.69 bits per heavy atom. The maximum absolute atomic E-state index is 13.1. The van der Waals surface area contributed by atoms with Crippen LogP contribution in [-0.4, -0.2) is 20.7 Å². The van der Waals surface area contributed by atoms with Crippen LogP contribution >= 0.6 is 0 Å². The number of nitrogens with one attached hydrogen (secondary N) is 2. The summed E-state index contributed by atoms with van der Waals surface area (Å²) in [7, 11) is 0. The van der Waals surface area contributed by atoms with Gasteiger partial charge in [0.1, 0.15) is 12.4 Å². The number of nitrogens with zero attached hydrogens (tertiary/aromatic N) is 3. The summed E-state index contributed by atoms with van der Waals surface area (Å²) in [5, 5.41) is 10.5. The summed E-state index contributed by atoms with van der Waals surface area (Å²) in [5.41, 5.74) is 4.27. The molecule has 130 valence electrons. The predicted molar refractivity (Wildman–Crippen MR) is 101 cm³/mol. The number of carbonyl (C=O) groups is 1. The van der Waals surface area contributed by atoms with Crippen molar-refractivity contribution in [2.45, 2.75) is 19.9 Å². The average Bonchev–Trinajstić information content (AvgIpc) is 3.09. The fourth-order valence-corrected chi connectivity index (χ4v) is 3.25. The number of rotatable bonds is 3. The molecule has 3 aromatic rings. The van der Waals surface area contributed by atoms with Crippen molar-refractivity contribution in [2.24, 2.45) is 0 Å². The Morgan fingerprint density at radius 2 is 1.92 bits per heavy atom. The Morgan fingerprint density at radius 1 is 1.12 bits per heavy atom. The molecular formula is C20H19N5O. The van der Waals surface area contributed by atoms with Gasteiger partial charge < -0.3 is 10.6 Å². The summed E-state index contributed by atoms with van der Waals surface area (Å²) in [4.78, 5) is 17.4. The van der Waals surface area contributed by atoms with Crippen molar-refractivity contribution >= 4 is 17.5 Å². The van der Waals surface area contributed by atoms with Crippen LogP contribution in [0.15, 0.2) is 72.2 Å². The van der Waals surface area contributed by atoms with Crippen molar-refractivity contribution in [2.75, 3.05) is 10.6 Å². The smallest absolute Gasteiger partial charge is 0.255 e. The lowest BCUT2D eigenvalue weighted by molar-refractivity contribution is -0.113. The molecule has 6 nitrogen and oxygen atoms in total. The molecule has 1 aliphatic heterocycles. The van der Waals surface area contributed by atoms with E-state index in [1.165, 1.54) is 6.33 Å². The molecule has 1 aliphatic rings. The van der Waals surface area contributed by atoms with Gasteiger partial charge in [0.15, 0.2) is 0 Å². The number of carbonyl (C=O) groups excluding carboxylic acids is 1. The summed E-state index contributed by atoms with van der Waals surface area (Å²) in [6, 6.07) is 17.2. The maximum Gasteiger partial charge on any atom is 0.255 e. The van der Waals surface area contributed by atoms with E-state index in [9.17, 15) is 4.79 Å². The lowest BCUT2D eigenvalue weighted by Gasteiger charge is -2.29. The van der Waals surface area contributed by atoms with E-state index in [1.807, 2.05) is 62.4 Å². The van der Waals surface area contributed by atoms with E-state index in [1.54, 1.807) is 4.68 Å². The van der Waals surface area contributed by atoms with Gasteiger partial charge in [-0.2, -0.15) is 10.1 Å². The predicted octanol–water partition coefficient (Wildman–Crippen LogP) is 3.51. The number of aromatic nitrogens is 3. The molecule has 2 N–H and O–H groups in total. The van der Waals surface area contributed by atoms with Crippen LogP contribution in [0, 0.1) is 6.92 Å². The van der Waals surface area contributed by atoms with Crippen LogP contribution in [0.2, 0.25) is 0 Å². The minimum Gasteiger partial charge on any atom is -0.328 e. The number of benzene rings is 2. The zero-order chi connectivity index (χ0) is 18.1. The lowest BCUT2D eigenvalue weighted by Crippen LogP contribution is -2.31. The number of aryl methyl sites for hydroxylation is 1. The standard InChI is InChI=1S/C20H19N5O/c1-13-7-6-8-15(11-13)18-17(14(2)23-20-21-12-22-25(18)20)19(26)24-16-9-4-3-5-10-16/h3-12,18H,1-2H3,(H,24,26)(H,21,22,23). The van der Waals surface area contributed by atoms with Crippen molar-refractivity contribution in [1.29, 1.82) is 0 Å². The first-order valence-corrected chi connectivity index (χ1v) is 8.44. The molecule has 4 rings (SSSR count). The Hall–Kier alpha value is -3.41. The van der Waals surface area contributed by atoms with E-state index < -0.39 is 0 Å². The number of hydrogen-bond acceptors (Lipinski definition) is 4. The SMILES string of the molecule is CC1=C(C(=O)Nc2ccccc2)C(c2cccc(C)c2)n2ncnc2N1. The summed E-state index contributed by atoms with van der Waals surface area (Å²) < 4.78 is 1.75. The number of para-hydroxylation sites is 1. The third-order valence-corrected chi connectivity index (χ3v) is 4.43. The Labute approximate surface area is 151 Å². The van der Waals surface area contributed by atoms with Crippen LogP contribution in [0.4, 0.5) is 11.6 Å². The highest BCUT2D eigenvalue weighted by Crippen LogP contribution is 2.35. The van der Waals surface area contributed by atoms with E-state index in [0.717, 1.165) is 22.5 Å². The Bertz CT molecular complexity index is 990. The molecule has 0 radical (unpaired) electrons. The lowest BCUT2D eigenvalue weighted by atomic mass is 9.94. The molecule has 0 aliphatic carbocycles. The molecule has 1 atom stereocenters. The number of hydrogen-bond donors (Lipinski definition) is 2. The van der Waals surface area contributed by atoms with Crippen LogP contribution in [0.5, 0.6) is 0 Å². The van der Waals surface area contributed by atoms with Crippen molar-refractivity contribution in [3.63, 3.8) is 0 Å². The first-order chi connectivity index (χ1) is 12.6. The summed E-state index contributed by atoms with van der Waals surface area (Å²) in [6.45, 7) is 3.92. The first kappa shape index (κ1) is 16.1. The minimum absolute atomic E-state index is 0.158. The molecule has 26 heavy (non-hydrogen) atoms. The zero-order valence-electron chi connectivity index (χ0n) is 14.6. The van der Waals surface area contributed by atoms with Crippen molar-refractivity contribution in [3.05, 3.63) is 83.3 Å². The van der Waals surface area contributed by atoms with Gasteiger partial charge in [0, 0.05) is 11.4 Å². The van der Waals surface area contributed by atoms with Crippen LogP contribution in [0.3, 0.4) is 0 Å². The van der Waals surface area contributed by atoms with E-state index in [4.69, 9.17) is 0 Å². The first-order valence-electron chi connectivity index (χ1n) is 8.44. The molecule has 1 amide bonds. The van der Waals surface area contributed by atoms with E-state index >= 15 is 0 Å². The molecule has 2 aromatic carbocycles. The quantitative estimate of drug-likeness (QED) is 0.762. The Kier molecular flexibility index (Phi) is 4.01. The minimum atomic E-state index is -0.336. The third-order valence-electron chi connectivity index (χ3n) is 4.43. The zero-order valence-corrected chi connectivity index (χ0v) is 14.6. The van der Waals surface area contributed by atoms with Crippen molar-refractivity contribution in [1.82, 2.24) is 14.8 Å². The molecule has 0 spiro atoms. The molecule has 0 fully saturated rings. The van der Waals surface area contributed by atoms with Crippen molar-refractivity contribution < 1.29 is 4.79 Å². The second kappa shape index (κ2) is 6.48. The fraction of sp³-hybridized carbons (Fsp3) is 0.150. The second-order valence-corrected chi connectivity index (χ2v) is 6.33. The average molecular weight is 345 g/mol. The second-order valence-electron chi connectivity index (χ2n) is 6.33. The molecule has 0 saturated heterocycles. The molecule has 0 bridgehead atoms. The number of amides is 1. The molecule has 1 aromatic heterocycles. The third kappa shape index (κ3) is 2.86. The number of allylic oxidation sites excluding steroid dienone is 1.